The summed E-state index contributed by atoms with van der Waals surface area (Å²) in [5, 5.41) is 0.707. The summed E-state index contributed by atoms with van der Waals surface area (Å²) in [7, 11) is 0. The number of carbonyl (C=O) groups is 1. The summed E-state index contributed by atoms with van der Waals surface area (Å²) < 4.78 is 47.6. The van der Waals surface area contributed by atoms with E-state index in [1.165, 1.54) is 12.4 Å². The van der Waals surface area contributed by atoms with Crippen LogP contribution < -0.4 is 10.5 Å². The number of nitrogens with two attached hydrogens (primary N) is 1. The zero-order chi connectivity index (χ0) is 23.0. The van der Waals surface area contributed by atoms with E-state index in [0.29, 0.717) is 23.1 Å². The SMILES string of the molecule is CC(C)n1cc(-c2ccc(Oc3ccc(C=O)cc3C(F)(F)F)cc2)c2c(N)ncnc21. The predicted octanol–water partition coefficient (Wildman–Crippen LogP) is 5.89. The van der Waals surface area contributed by atoms with Gasteiger partial charge in [-0.15, -0.1) is 0 Å². The largest absolute Gasteiger partial charge is 0.457 e. The zero-order valence-corrected chi connectivity index (χ0v) is 17.2. The van der Waals surface area contributed by atoms with Crippen molar-refractivity contribution < 1.29 is 22.7 Å². The number of hydrogen-bond acceptors (Lipinski definition) is 5. The van der Waals surface area contributed by atoms with E-state index in [2.05, 4.69) is 9.97 Å². The van der Waals surface area contributed by atoms with Crippen LogP contribution in [0.3, 0.4) is 0 Å². The lowest BCUT2D eigenvalue weighted by atomic mass is 10.1. The second-order valence-electron chi connectivity index (χ2n) is 7.50. The number of rotatable bonds is 5. The summed E-state index contributed by atoms with van der Waals surface area (Å²) in [6.45, 7) is 4.04. The summed E-state index contributed by atoms with van der Waals surface area (Å²) in [6.07, 6.45) is -0.969. The average Bonchev–Trinajstić information content (AvgIpc) is 3.15. The third-order valence-electron chi connectivity index (χ3n) is 5.03. The second kappa shape index (κ2) is 7.99. The van der Waals surface area contributed by atoms with E-state index >= 15 is 0 Å². The molecular formula is C23H19F3N4O2. The molecule has 0 atom stereocenters. The van der Waals surface area contributed by atoms with Crippen molar-refractivity contribution in [2.75, 3.05) is 5.73 Å². The van der Waals surface area contributed by atoms with Gasteiger partial charge in [0.15, 0.2) is 0 Å². The minimum atomic E-state index is -4.66. The van der Waals surface area contributed by atoms with Gasteiger partial charge in [-0.1, -0.05) is 12.1 Å². The first-order valence-corrected chi connectivity index (χ1v) is 9.74. The molecule has 0 fully saturated rings. The Morgan fingerprint density at radius 2 is 1.81 bits per heavy atom. The fraction of sp³-hybridized carbons (Fsp3) is 0.174. The fourth-order valence-electron chi connectivity index (χ4n) is 3.48. The molecule has 0 saturated carbocycles. The van der Waals surface area contributed by atoms with Crippen LogP contribution in [0, 0.1) is 0 Å². The number of fused-ring (bicyclic) bond motifs is 1. The van der Waals surface area contributed by atoms with Crippen LogP contribution in [0.1, 0.15) is 35.8 Å². The topological polar surface area (TPSA) is 83.0 Å². The smallest absolute Gasteiger partial charge is 0.420 e. The Hall–Kier alpha value is -3.88. The molecule has 4 rings (SSSR count). The number of alkyl halides is 3. The summed E-state index contributed by atoms with van der Waals surface area (Å²) in [6, 6.07) is 9.91. The van der Waals surface area contributed by atoms with Crippen LogP contribution in [0.15, 0.2) is 55.0 Å². The van der Waals surface area contributed by atoms with E-state index in [-0.39, 0.29) is 23.1 Å². The van der Waals surface area contributed by atoms with Crippen molar-refractivity contribution in [3.8, 4) is 22.6 Å². The first kappa shape index (κ1) is 21.4. The summed E-state index contributed by atoms with van der Waals surface area (Å²) >= 11 is 0. The van der Waals surface area contributed by atoms with Gasteiger partial charge in [0.2, 0.25) is 0 Å². The molecule has 0 bridgehead atoms. The highest BCUT2D eigenvalue weighted by molar-refractivity contribution is 6.00. The van der Waals surface area contributed by atoms with Crippen molar-refractivity contribution in [2.45, 2.75) is 26.1 Å². The lowest BCUT2D eigenvalue weighted by Crippen LogP contribution is -2.08. The van der Waals surface area contributed by atoms with E-state index in [1.54, 1.807) is 24.3 Å². The predicted molar refractivity (Wildman–Crippen MR) is 115 cm³/mol. The van der Waals surface area contributed by atoms with Crippen LogP contribution in [0.25, 0.3) is 22.2 Å². The number of aldehydes is 1. The van der Waals surface area contributed by atoms with Gasteiger partial charge >= 0.3 is 6.18 Å². The van der Waals surface area contributed by atoms with Crippen LogP contribution in [-0.4, -0.2) is 20.8 Å². The molecule has 0 aliphatic carbocycles. The molecular weight excluding hydrogens is 421 g/mol. The van der Waals surface area contributed by atoms with E-state index < -0.39 is 11.7 Å². The molecule has 0 radical (unpaired) electrons. The quantitative estimate of drug-likeness (QED) is 0.392. The van der Waals surface area contributed by atoms with Crippen molar-refractivity contribution in [1.29, 1.82) is 0 Å². The molecule has 2 aromatic heterocycles. The van der Waals surface area contributed by atoms with Gasteiger partial charge in [-0.3, -0.25) is 4.79 Å². The van der Waals surface area contributed by atoms with Crippen LogP contribution in [0.2, 0.25) is 0 Å². The van der Waals surface area contributed by atoms with Gasteiger partial charge in [-0.2, -0.15) is 13.2 Å². The molecule has 6 nitrogen and oxygen atoms in total. The highest BCUT2D eigenvalue weighted by Crippen LogP contribution is 2.39. The summed E-state index contributed by atoms with van der Waals surface area (Å²) in [5.74, 6) is 0.176. The summed E-state index contributed by atoms with van der Waals surface area (Å²) in [4.78, 5) is 19.3. The van der Waals surface area contributed by atoms with Crippen molar-refractivity contribution in [3.63, 3.8) is 0 Å². The van der Waals surface area contributed by atoms with Crippen molar-refractivity contribution in [2.24, 2.45) is 0 Å². The third-order valence-corrected chi connectivity index (χ3v) is 5.03. The van der Waals surface area contributed by atoms with E-state index in [9.17, 15) is 18.0 Å². The third kappa shape index (κ3) is 3.89. The molecule has 164 valence electrons. The molecule has 0 unspecified atom stereocenters. The van der Waals surface area contributed by atoms with Crippen LogP contribution in [0.5, 0.6) is 11.5 Å². The average molecular weight is 440 g/mol. The first-order valence-electron chi connectivity index (χ1n) is 9.74. The molecule has 2 N–H and O–H groups in total. The van der Waals surface area contributed by atoms with E-state index in [1.807, 2.05) is 24.6 Å². The highest BCUT2D eigenvalue weighted by atomic mass is 19.4. The number of aromatic nitrogens is 3. The Kier molecular flexibility index (Phi) is 5.33. The Morgan fingerprint density at radius 3 is 2.44 bits per heavy atom. The highest BCUT2D eigenvalue weighted by Gasteiger charge is 2.35. The molecule has 0 aliphatic heterocycles. The zero-order valence-electron chi connectivity index (χ0n) is 17.2. The normalized spacial score (nSPS) is 11.8. The maximum absolute atomic E-state index is 13.4. The van der Waals surface area contributed by atoms with Crippen molar-refractivity contribution in [3.05, 3.63) is 66.1 Å². The van der Waals surface area contributed by atoms with Crippen LogP contribution in [-0.2, 0) is 6.18 Å². The van der Waals surface area contributed by atoms with Gasteiger partial charge in [-0.25, -0.2) is 9.97 Å². The Morgan fingerprint density at radius 1 is 1.09 bits per heavy atom. The Bertz CT molecular complexity index is 1300. The van der Waals surface area contributed by atoms with Crippen molar-refractivity contribution in [1.82, 2.24) is 14.5 Å². The molecule has 4 aromatic rings. The Balaban J connectivity index is 1.71. The van der Waals surface area contributed by atoms with Gasteiger partial charge in [0.25, 0.3) is 0 Å². The molecule has 0 saturated heterocycles. The van der Waals surface area contributed by atoms with E-state index in [4.69, 9.17) is 10.5 Å². The molecule has 0 aliphatic rings. The van der Waals surface area contributed by atoms with Gasteiger partial charge in [-0.05, 0) is 49.7 Å². The van der Waals surface area contributed by atoms with Gasteiger partial charge < -0.3 is 15.0 Å². The number of anilines is 1. The van der Waals surface area contributed by atoms with Crippen LogP contribution in [0.4, 0.5) is 19.0 Å². The molecule has 2 heterocycles. The number of nitrogen functional groups attached to an aromatic ring is 1. The minimum absolute atomic E-state index is 0.0821. The Labute approximate surface area is 181 Å². The van der Waals surface area contributed by atoms with Crippen molar-refractivity contribution >= 4 is 23.1 Å². The minimum Gasteiger partial charge on any atom is -0.457 e. The maximum Gasteiger partial charge on any atom is 0.420 e. The molecule has 0 amide bonds. The number of nitrogens with zero attached hydrogens (tertiary/aromatic N) is 3. The molecule has 2 aromatic carbocycles. The maximum atomic E-state index is 13.4. The van der Waals surface area contributed by atoms with Gasteiger partial charge in [0.1, 0.15) is 35.6 Å². The molecule has 32 heavy (non-hydrogen) atoms. The number of hydrogen-bond donors (Lipinski definition) is 1. The van der Waals surface area contributed by atoms with E-state index in [0.717, 1.165) is 23.3 Å². The van der Waals surface area contributed by atoms with Gasteiger partial charge in [0, 0.05) is 23.4 Å². The monoisotopic (exact) mass is 440 g/mol. The number of benzene rings is 2. The molecule has 9 heteroatoms. The number of carbonyl (C=O) groups excluding carboxylic acids is 1. The lowest BCUT2D eigenvalue weighted by molar-refractivity contribution is -0.138. The van der Waals surface area contributed by atoms with Gasteiger partial charge in [0.05, 0.1) is 10.9 Å². The standard InChI is InChI=1S/C23H19F3N4O2/c1-13(2)30-10-17(20-21(27)28-12-29-22(20)30)15-4-6-16(7-5-15)32-19-8-3-14(11-31)9-18(19)23(24,25)26/h3-13H,1-2H3,(H2,27,28,29). The lowest BCUT2D eigenvalue weighted by Gasteiger charge is -2.14. The fourth-order valence-corrected chi connectivity index (χ4v) is 3.48. The first-order chi connectivity index (χ1) is 15.2. The van der Waals surface area contributed by atoms with Crippen LogP contribution >= 0.6 is 0 Å². The summed E-state index contributed by atoms with van der Waals surface area (Å²) in [5.41, 5.74) is 7.30. The second-order valence-corrected chi connectivity index (χ2v) is 7.50. The number of halogens is 3. The number of ether oxygens (including phenoxy) is 1. The molecule has 0 spiro atoms.